The van der Waals surface area contributed by atoms with Crippen LogP contribution in [-0.2, 0) is 6.54 Å². The molecule has 0 saturated carbocycles. The predicted molar refractivity (Wildman–Crippen MR) is 74.4 cm³/mol. The summed E-state index contributed by atoms with van der Waals surface area (Å²) in [5, 5.41) is 3.33. The van der Waals surface area contributed by atoms with Crippen LogP contribution in [0, 0.1) is 0 Å². The quantitative estimate of drug-likeness (QED) is 0.894. The topological polar surface area (TPSA) is 15.3 Å². The van der Waals surface area contributed by atoms with Crippen LogP contribution in [0.4, 0.5) is 0 Å². The smallest absolute Gasteiger partial charge is 0.107 e. The minimum absolute atomic E-state index is 0.708. The summed E-state index contributed by atoms with van der Waals surface area (Å²) in [6.45, 7) is 6.67. The molecule has 0 spiro atoms. The molecular formula is C11H16BrClN2S. The van der Waals surface area contributed by atoms with Crippen LogP contribution >= 0.6 is 38.9 Å². The van der Waals surface area contributed by atoms with E-state index in [2.05, 4.69) is 39.1 Å². The third-order valence-corrected chi connectivity index (χ3v) is 5.30. The standard InChI is InChI=1S/C11H16BrClN2S/c1-2-3-15(8-5-14-6-8)7-9-4-10(12)11(13)16-9/h4,8,14H,2-3,5-7H2,1H3. The van der Waals surface area contributed by atoms with Crippen molar-refractivity contribution in [3.63, 3.8) is 0 Å². The zero-order chi connectivity index (χ0) is 11.5. The van der Waals surface area contributed by atoms with Crippen molar-refractivity contribution in [3.05, 3.63) is 19.8 Å². The predicted octanol–water partition coefficient (Wildman–Crippen LogP) is 3.35. The van der Waals surface area contributed by atoms with E-state index in [0.717, 1.165) is 28.4 Å². The fraction of sp³-hybridized carbons (Fsp3) is 0.636. The SMILES string of the molecule is CCCN(Cc1cc(Br)c(Cl)s1)C1CNC1. The van der Waals surface area contributed by atoms with Gasteiger partial charge in [-0.05, 0) is 35.0 Å². The molecule has 1 aliphatic heterocycles. The highest BCUT2D eigenvalue weighted by Crippen LogP contribution is 2.33. The second-order valence-corrected chi connectivity index (χ2v) is 6.71. The monoisotopic (exact) mass is 322 g/mol. The van der Waals surface area contributed by atoms with Gasteiger partial charge in [-0.3, -0.25) is 4.90 Å². The highest BCUT2D eigenvalue weighted by atomic mass is 79.9. The maximum atomic E-state index is 6.06. The Labute approximate surface area is 114 Å². The van der Waals surface area contributed by atoms with Gasteiger partial charge in [-0.2, -0.15) is 0 Å². The number of nitrogens with one attached hydrogen (secondary N) is 1. The molecule has 1 saturated heterocycles. The van der Waals surface area contributed by atoms with E-state index >= 15 is 0 Å². The molecule has 1 fully saturated rings. The Morgan fingerprint density at radius 1 is 1.62 bits per heavy atom. The molecule has 1 N–H and O–H groups in total. The molecule has 0 aromatic carbocycles. The molecule has 1 aromatic rings. The van der Waals surface area contributed by atoms with Gasteiger partial charge in [0.25, 0.3) is 0 Å². The lowest BCUT2D eigenvalue weighted by Gasteiger charge is -2.37. The first-order valence-electron chi connectivity index (χ1n) is 5.59. The summed E-state index contributed by atoms with van der Waals surface area (Å²) in [6.07, 6.45) is 1.21. The molecule has 0 radical (unpaired) electrons. The number of nitrogens with zero attached hydrogens (tertiary/aromatic N) is 1. The van der Waals surface area contributed by atoms with Crippen LogP contribution in [-0.4, -0.2) is 30.6 Å². The van der Waals surface area contributed by atoms with Gasteiger partial charge in [0.2, 0.25) is 0 Å². The zero-order valence-electron chi connectivity index (χ0n) is 9.30. The number of rotatable bonds is 5. The van der Waals surface area contributed by atoms with E-state index in [-0.39, 0.29) is 0 Å². The van der Waals surface area contributed by atoms with Gasteiger partial charge < -0.3 is 5.32 Å². The molecule has 0 aliphatic carbocycles. The van der Waals surface area contributed by atoms with Gasteiger partial charge in [0.05, 0.1) is 0 Å². The maximum Gasteiger partial charge on any atom is 0.107 e. The van der Waals surface area contributed by atoms with Crippen LogP contribution in [0.15, 0.2) is 10.5 Å². The maximum absolute atomic E-state index is 6.06. The molecule has 2 nitrogen and oxygen atoms in total. The van der Waals surface area contributed by atoms with Gasteiger partial charge in [-0.15, -0.1) is 11.3 Å². The molecule has 90 valence electrons. The second-order valence-electron chi connectivity index (χ2n) is 4.12. The average Bonchev–Trinajstić information content (AvgIpc) is 2.43. The minimum atomic E-state index is 0.708. The summed E-state index contributed by atoms with van der Waals surface area (Å²) >= 11 is 11.2. The largest absolute Gasteiger partial charge is 0.314 e. The molecule has 2 rings (SSSR count). The van der Waals surface area contributed by atoms with Crippen molar-refractivity contribution >= 4 is 38.9 Å². The minimum Gasteiger partial charge on any atom is -0.314 e. The summed E-state index contributed by atoms with van der Waals surface area (Å²) < 4.78 is 1.88. The highest BCUT2D eigenvalue weighted by molar-refractivity contribution is 9.10. The van der Waals surface area contributed by atoms with Gasteiger partial charge in [0, 0.05) is 35.0 Å². The first-order chi connectivity index (χ1) is 7.70. The van der Waals surface area contributed by atoms with Crippen molar-refractivity contribution in [2.24, 2.45) is 0 Å². The Kier molecular flexibility index (Phi) is 4.67. The Morgan fingerprint density at radius 3 is 2.81 bits per heavy atom. The summed E-state index contributed by atoms with van der Waals surface area (Å²) in [4.78, 5) is 3.89. The average molecular weight is 324 g/mol. The van der Waals surface area contributed by atoms with Crippen molar-refractivity contribution in [1.29, 1.82) is 0 Å². The molecule has 1 aromatic heterocycles. The molecular weight excluding hydrogens is 308 g/mol. The van der Waals surface area contributed by atoms with E-state index < -0.39 is 0 Å². The van der Waals surface area contributed by atoms with E-state index in [1.165, 1.54) is 17.8 Å². The van der Waals surface area contributed by atoms with E-state index in [0.29, 0.717) is 6.04 Å². The van der Waals surface area contributed by atoms with Crippen molar-refractivity contribution in [3.8, 4) is 0 Å². The Morgan fingerprint density at radius 2 is 2.38 bits per heavy atom. The molecule has 2 heterocycles. The molecule has 0 amide bonds. The third kappa shape index (κ3) is 2.99. The molecule has 0 atom stereocenters. The van der Waals surface area contributed by atoms with Gasteiger partial charge in [-0.1, -0.05) is 18.5 Å². The molecule has 0 bridgehead atoms. The lowest BCUT2D eigenvalue weighted by Crippen LogP contribution is -2.56. The van der Waals surface area contributed by atoms with Crippen molar-refractivity contribution in [1.82, 2.24) is 10.2 Å². The first-order valence-corrected chi connectivity index (χ1v) is 7.58. The fourth-order valence-corrected chi connectivity index (χ4v) is 3.70. The molecule has 1 aliphatic rings. The number of hydrogen-bond acceptors (Lipinski definition) is 3. The van der Waals surface area contributed by atoms with Crippen molar-refractivity contribution in [2.45, 2.75) is 25.9 Å². The van der Waals surface area contributed by atoms with Gasteiger partial charge in [0.15, 0.2) is 0 Å². The summed E-state index contributed by atoms with van der Waals surface area (Å²) in [7, 11) is 0. The zero-order valence-corrected chi connectivity index (χ0v) is 12.5. The summed E-state index contributed by atoms with van der Waals surface area (Å²) in [5.74, 6) is 0. The number of thiophene rings is 1. The van der Waals surface area contributed by atoms with Gasteiger partial charge in [-0.25, -0.2) is 0 Å². The second kappa shape index (κ2) is 5.83. The number of halogens is 2. The van der Waals surface area contributed by atoms with Crippen LogP contribution < -0.4 is 5.32 Å². The third-order valence-electron chi connectivity index (χ3n) is 2.84. The van der Waals surface area contributed by atoms with Crippen molar-refractivity contribution < 1.29 is 0 Å². The van der Waals surface area contributed by atoms with Crippen LogP contribution in [0.25, 0.3) is 0 Å². The van der Waals surface area contributed by atoms with Crippen LogP contribution in [0.2, 0.25) is 4.34 Å². The van der Waals surface area contributed by atoms with E-state index in [4.69, 9.17) is 11.6 Å². The molecule has 16 heavy (non-hydrogen) atoms. The summed E-state index contributed by atoms with van der Waals surface area (Å²) in [6, 6.07) is 2.85. The molecule has 0 unspecified atom stereocenters. The van der Waals surface area contributed by atoms with E-state index in [1.807, 2.05) is 0 Å². The van der Waals surface area contributed by atoms with Gasteiger partial charge in [0.1, 0.15) is 4.34 Å². The van der Waals surface area contributed by atoms with Crippen LogP contribution in [0.3, 0.4) is 0 Å². The highest BCUT2D eigenvalue weighted by Gasteiger charge is 2.24. The lowest BCUT2D eigenvalue weighted by molar-refractivity contribution is 0.139. The number of hydrogen-bond donors (Lipinski definition) is 1. The fourth-order valence-electron chi connectivity index (χ4n) is 1.88. The summed E-state index contributed by atoms with van der Waals surface area (Å²) in [5.41, 5.74) is 0. The Bertz CT molecular complexity index is 332. The van der Waals surface area contributed by atoms with Crippen molar-refractivity contribution in [2.75, 3.05) is 19.6 Å². The van der Waals surface area contributed by atoms with E-state index in [1.54, 1.807) is 11.3 Å². The Hall–Kier alpha value is 0.390. The Balaban J connectivity index is 1.98. The molecule has 5 heteroatoms. The lowest BCUT2D eigenvalue weighted by atomic mass is 10.1. The normalized spacial score (nSPS) is 16.8. The van der Waals surface area contributed by atoms with Crippen LogP contribution in [0.1, 0.15) is 18.2 Å². The van der Waals surface area contributed by atoms with Crippen LogP contribution in [0.5, 0.6) is 0 Å². The van der Waals surface area contributed by atoms with E-state index in [9.17, 15) is 0 Å². The first kappa shape index (κ1) is 12.8. The van der Waals surface area contributed by atoms with Gasteiger partial charge >= 0.3 is 0 Å².